The maximum Gasteiger partial charge on any atom is 0.326 e. The Morgan fingerprint density at radius 2 is 2.19 bits per heavy atom. The highest BCUT2D eigenvalue weighted by Gasteiger charge is 2.38. The van der Waals surface area contributed by atoms with Crippen molar-refractivity contribution in [3.8, 4) is 0 Å². The second-order valence-electron chi connectivity index (χ2n) is 7.11. The Morgan fingerprint density at radius 3 is 2.77 bits per heavy atom. The van der Waals surface area contributed by atoms with Gasteiger partial charge < -0.3 is 26.0 Å². The summed E-state index contributed by atoms with van der Waals surface area (Å²) in [6.45, 7) is 4.29. The molecule has 0 unspecified atom stereocenters. The highest BCUT2D eigenvalue weighted by Crippen LogP contribution is 2.19. The summed E-state index contributed by atoms with van der Waals surface area (Å²) in [5.41, 5.74) is 6.59. The molecule has 0 bridgehead atoms. The monoisotopic (exact) mass is 365 g/mol. The number of hydrogen-bond donors (Lipinski definition) is 4. The summed E-state index contributed by atoms with van der Waals surface area (Å²) in [6.07, 6.45) is 4.79. The topological polar surface area (TPSA) is 141 Å². The largest absolute Gasteiger partial charge is 0.480 e. The number of aliphatic carboxylic acids is 1. The zero-order chi connectivity index (χ0) is 19.3. The van der Waals surface area contributed by atoms with E-state index < -0.39 is 35.9 Å². The van der Waals surface area contributed by atoms with Crippen molar-refractivity contribution < 1.29 is 19.5 Å². The number of carbonyl (C=O) groups excluding carboxylic acids is 2. The first-order chi connectivity index (χ1) is 12.3. The van der Waals surface area contributed by atoms with E-state index in [0.717, 1.165) is 0 Å². The van der Waals surface area contributed by atoms with Crippen molar-refractivity contribution in [1.29, 1.82) is 0 Å². The molecule has 1 aliphatic rings. The quantitative estimate of drug-likeness (QED) is 0.506. The number of nitrogens with one attached hydrogen (secondary N) is 2. The minimum atomic E-state index is -1.03. The third-order valence-corrected chi connectivity index (χ3v) is 4.48. The normalized spacial score (nSPS) is 19.4. The standard InChI is InChI=1S/C17H27N5O4/c1-10(2)6-12(18)15(23)21-13(7-11-8-19-9-20-11)16(24)22-5-3-4-14(22)17(25)26/h8-10,12-14H,3-7,18H2,1-2H3,(H,19,20)(H,21,23)(H,25,26)/t12-,13-,14+/m0/s1. The minimum absolute atomic E-state index is 0.196. The van der Waals surface area contributed by atoms with E-state index in [0.29, 0.717) is 31.5 Å². The average Bonchev–Trinajstić information content (AvgIpc) is 3.24. The fourth-order valence-electron chi connectivity index (χ4n) is 3.20. The van der Waals surface area contributed by atoms with Crippen LogP contribution in [0.5, 0.6) is 0 Å². The molecule has 2 heterocycles. The first-order valence-electron chi connectivity index (χ1n) is 8.86. The predicted octanol–water partition coefficient (Wildman–Crippen LogP) is -0.114. The highest BCUT2D eigenvalue weighted by molar-refractivity contribution is 5.92. The van der Waals surface area contributed by atoms with E-state index in [4.69, 9.17) is 5.73 Å². The summed E-state index contributed by atoms with van der Waals surface area (Å²) >= 11 is 0. The molecule has 3 atom stereocenters. The molecule has 0 saturated carbocycles. The van der Waals surface area contributed by atoms with Gasteiger partial charge in [0.1, 0.15) is 12.1 Å². The number of H-pyrrole nitrogens is 1. The number of aromatic nitrogens is 2. The first-order valence-corrected chi connectivity index (χ1v) is 8.86. The lowest BCUT2D eigenvalue weighted by atomic mass is 10.0. The molecule has 2 rings (SSSR count). The molecule has 1 aliphatic heterocycles. The van der Waals surface area contributed by atoms with E-state index in [1.807, 2.05) is 13.8 Å². The third-order valence-electron chi connectivity index (χ3n) is 4.48. The molecule has 1 saturated heterocycles. The van der Waals surface area contributed by atoms with Gasteiger partial charge >= 0.3 is 5.97 Å². The molecular weight excluding hydrogens is 338 g/mol. The number of nitrogens with zero attached hydrogens (tertiary/aromatic N) is 2. The van der Waals surface area contributed by atoms with Crippen molar-refractivity contribution in [2.45, 2.75) is 57.7 Å². The Balaban J connectivity index is 2.13. The van der Waals surface area contributed by atoms with E-state index in [9.17, 15) is 19.5 Å². The Morgan fingerprint density at radius 1 is 1.46 bits per heavy atom. The van der Waals surface area contributed by atoms with Gasteiger partial charge in [0.2, 0.25) is 11.8 Å². The summed E-state index contributed by atoms with van der Waals surface area (Å²) in [4.78, 5) is 44.9. The van der Waals surface area contributed by atoms with Crippen LogP contribution in [0, 0.1) is 5.92 Å². The molecule has 26 heavy (non-hydrogen) atoms. The molecule has 9 nitrogen and oxygen atoms in total. The molecule has 5 N–H and O–H groups in total. The van der Waals surface area contributed by atoms with Gasteiger partial charge in [-0.1, -0.05) is 13.8 Å². The van der Waals surface area contributed by atoms with Crippen LogP contribution in [0.1, 0.15) is 38.8 Å². The van der Waals surface area contributed by atoms with Gasteiger partial charge in [-0.3, -0.25) is 9.59 Å². The van der Waals surface area contributed by atoms with Crippen LogP contribution in [0.3, 0.4) is 0 Å². The predicted molar refractivity (Wildman–Crippen MR) is 94.0 cm³/mol. The van der Waals surface area contributed by atoms with Crippen LogP contribution in [0.15, 0.2) is 12.5 Å². The fourth-order valence-corrected chi connectivity index (χ4v) is 3.20. The second-order valence-corrected chi connectivity index (χ2v) is 7.11. The smallest absolute Gasteiger partial charge is 0.326 e. The maximum absolute atomic E-state index is 12.9. The van der Waals surface area contributed by atoms with Crippen molar-refractivity contribution >= 4 is 17.8 Å². The van der Waals surface area contributed by atoms with Crippen molar-refractivity contribution in [3.05, 3.63) is 18.2 Å². The van der Waals surface area contributed by atoms with E-state index in [1.54, 1.807) is 6.20 Å². The number of nitrogens with two attached hydrogens (primary N) is 1. The molecule has 9 heteroatoms. The first kappa shape index (κ1) is 19.9. The van der Waals surface area contributed by atoms with Gasteiger partial charge in [0, 0.05) is 24.9 Å². The molecule has 0 spiro atoms. The molecule has 1 aromatic heterocycles. The number of carbonyl (C=O) groups is 3. The number of hydrogen-bond acceptors (Lipinski definition) is 5. The maximum atomic E-state index is 12.9. The molecule has 0 aromatic carbocycles. The molecule has 1 aromatic rings. The van der Waals surface area contributed by atoms with Crippen LogP contribution in [-0.2, 0) is 20.8 Å². The molecule has 0 aliphatic carbocycles. The Bertz CT molecular complexity index is 631. The number of rotatable bonds is 8. The zero-order valence-corrected chi connectivity index (χ0v) is 15.1. The van der Waals surface area contributed by atoms with Crippen LogP contribution < -0.4 is 11.1 Å². The lowest BCUT2D eigenvalue weighted by molar-refractivity contribution is -0.149. The molecular formula is C17H27N5O4. The fraction of sp³-hybridized carbons (Fsp3) is 0.647. The number of imidazole rings is 1. The number of aromatic amines is 1. The number of likely N-dealkylation sites (tertiary alicyclic amines) is 1. The molecule has 0 radical (unpaired) electrons. The van der Waals surface area contributed by atoms with Gasteiger partial charge in [0.15, 0.2) is 0 Å². The van der Waals surface area contributed by atoms with Crippen molar-refractivity contribution in [2.24, 2.45) is 11.7 Å². The lowest BCUT2D eigenvalue weighted by Crippen LogP contribution is -2.55. The van der Waals surface area contributed by atoms with Gasteiger partial charge in [0.25, 0.3) is 0 Å². The van der Waals surface area contributed by atoms with Crippen molar-refractivity contribution in [3.63, 3.8) is 0 Å². The summed E-state index contributed by atoms with van der Waals surface area (Å²) in [5, 5.41) is 12.0. The molecule has 2 amide bonds. The van der Waals surface area contributed by atoms with Crippen LogP contribution in [0.2, 0.25) is 0 Å². The van der Waals surface area contributed by atoms with Gasteiger partial charge in [0.05, 0.1) is 12.4 Å². The van der Waals surface area contributed by atoms with Gasteiger partial charge in [-0.2, -0.15) is 0 Å². The summed E-state index contributed by atoms with van der Waals surface area (Å²) < 4.78 is 0. The summed E-state index contributed by atoms with van der Waals surface area (Å²) in [6, 6.07) is -2.46. The number of carboxylic acid groups (broad SMARTS) is 1. The minimum Gasteiger partial charge on any atom is -0.480 e. The Labute approximate surface area is 152 Å². The van der Waals surface area contributed by atoms with Gasteiger partial charge in [-0.25, -0.2) is 9.78 Å². The average molecular weight is 365 g/mol. The number of carboxylic acids is 1. The highest BCUT2D eigenvalue weighted by atomic mass is 16.4. The summed E-state index contributed by atoms with van der Waals surface area (Å²) in [5.74, 6) is -1.61. The third kappa shape index (κ3) is 5.04. The van der Waals surface area contributed by atoms with E-state index in [-0.39, 0.29) is 12.3 Å². The van der Waals surface area contributed by atoms with Crippen molar-refractivity contribution in [2.75, 3.05) is 6.54 Å². The number of amides is 2. The zero-order valence-electron chi connectivity index (χ0n) is 15.1. The van der Waals surface area contributed by atoms with Crippen molar-refractivity contribution in [1.82, 2.24) is 20.2 Å². The van der Waals surface area contributed by atoms with Gasteiger partial charge in [-0.05, 0) is 25.2 Å². The Kier molecular flexibility index (Phi) is 6.73. The van der Waals surface area contributed by atoms with Crippen LogP contribution in [-0.4, -0.2) is 62.4 Å². The molecule has 144 valence electrons. The summed E-state index contributed by atoms with van der Waals surface area (Å²) in [7, 11) is 0. The lowest BCUT2D eigenvalue weighted by Gasteiger charge is -2.28. The molecule has 1 fully saturated rings. The second kappa shape index (κ2) is 8.79. The van der Waals surface area contributed by atoms with E-state index in [1.165, 1.54) is 11.2 Å². The van der Waals surface area contributed by atoms with E-state index >= 15 is 0 Å². The van der Waals surface area contributed by atoms with Crippen LogP contribution in [0.25, 0.3) is 0 Å². The SMILES string of the molecule is CC(C)C[C@H](N)C(=O)N[C@@H](Cc1cnc[nH]1)C(=O)N1CCC[C@@H]1C(=O)O. The van der Waals surface area contributed by atoms with Crippen LogP contribution in [0.4, 0.5) is 0 Å². The van der Waals surface area contributed by atoms with Crippen LogP contribution >= 0.6 is 0 Å². The van der Waals surface area contributed by atoms with E-state index in [2.05, 4.69) is 15.3 Å². The Hall–Kier alpha value is -2.42. The van der Waals surface area contributed by atoms with Gasteiger partial charge in [-0.15, -0.1) is 0 Å².